The molecular weight excluding hydrogens is 484 g/mol. The highest BCUT2D eigenvalue weighted by atomic mass is 35.5. The summed E-state index contributed by atoms with van der Waals surface area (Å²) in [5.74, 6) is 0.828. The van der Waals surface area contributed by atoms with E-state index >= 15 is 0 Å². The number of benzene rings is 1. The third-order valence-electron chi connectivity index (χ3n) is 5.76. The number of anilines is 3. The number of aryl methyl sites for hydroxylation is 1. The Hall–Kier alpha value is -3.61. The number of hydrogen-bond acceptors (Lipinski definition) is 9. The van der Waals surface area contributed by atoms with Gasteiger partial charge in [-0.2, -0.15) is 5.23 Å². The van der Waals surface area contributed by atoms with Gasteiger partial charge in [-0.25, -0.2) is 20.2 Å². The third kappa shape index (κ3) is 5.78. The molecule has 1 unspecified atom stereocenters. The molecule has 1 aromatic carbocycles. The molecule has 1 aliphatic heterocycles. The average molecular weight is 511 g/mol. The number of rotatable bonds is 7. The Morgan fingerprint density at radius 1 is 1.25 bits per heavy atom. The minimum absolute atomic E-state index is 0.0203. The van der Waals surface area contributed by atoms with E-state index in [0.29, 0.717) is 42.0 Å². The third-order valence-corrected chi connectivity index (χ3v) is 5.99. The van der Waals surface area contributed by atoms with E-state index in [1.807, 2.05) is 49.2 Å². The number of nitrogens with two attached hydrogens (primary N) is 1. The monoisotopic (exact) mass is 510 g/mol. The minimum Gasteiger partial charge on any atom is -0.595 e. The van der Waals surface area contributed by atoms with Gasteiger partial charge in [0.25, 0.3) is 0 Å². The van der Waals surface area contributed by atoms with Crippen LogP contribution in [0.3, 0.4) is 0 Å². The number of aliphatic imine (C=N–C) groups is 1. The zero-order valence-corrected chi connectivity index (χ0v) is 20.7. The molecule has 1 amide bonds. The van der Waals surface area contributed by atoms with E-state index in [-0.39, 0.29) is 17.4 Å². The highest BCUT2D eigenvalue weighted by molar-refractivity contribution is 6.30. The van der Waals surface area contributed by atoms with E-state index in [1.165, 1.54) is 12.1 Å². The molecule has 0 saturated carbocycles. The van der Waals surface area contributed by atoms with Gasteiger partial charge in [-0.3, -0.25) is 9.69 Å². The van der Waals surface area contributed by atoms with E-state index in [9.17, 15) is 10.0 Å². The number of aromatic nitrogens is 2. The van der Waals surface area contributed by atoms with Crippen molar-refractivity contribution in [2.45, 2.75) is 6.92 Å². The molecule has 1 aliphatic rings. The predicted molar refractivity (Wildman–Crippen MR) is 140 cm³/mol. The summed E-state index contributed by atoms with van der Waals surface area (Å²) < 4.78 is 0. The van der Waals surface area contributed by atoms with Crippen molar-refractivity contribution >= 4 is 52.6 Å². The highest BCUT2D eigenvalue weighted by Gasteiger charge is 2.26. The summed E-state index contributed by atoms with van der Waals surface area (Å²) in [5, 5.41) is 22.8. The molecule has 1 fully saturated rings. The summed E-state index contributed by atoms with van der Waals surface area (Å²) in [6.07, 6.45) is 1.59. The Bertz CT molecular complexity index is 1300. The van der Waals surface area contributed by atoms with Crippen molar-refractivity contribution in [2.75, 3.05) is 49.2 Å². The molecule has 4 rings (SSSR count). The first-order valence-corrected chi connectivity index (χ1v) is 11.6. The van der Waals surface area contributed by atoms with Crippen molar-refractivity contribution in [1.29, 1.82) is 0 Å². The molecular formula is C24H27ClN8O3. The SMILES string of the molecule is Cc1cc(Cl)ccc1-c1nc(NC/C=N/c2ccc([NH+]([O-])O)c(N)n2)ccc1N1CCN(C)CC1=O. The number of nitrogen functional groups attached to an aromatic ring is 1. The first-order valence-electron chi connectivity index (χ1n) is 11.3. The molecule has 11 nitrogen and oxygen atoms in total. The van der Waals surface area contributed by atoms with Crippen LogP contribution in [-0.4, -0.2) is 65.4 Å². The molecule has 1 saturated heterocycles. The van der Waals surface area contributed by atoms with Crippen molar-refractivity contribution in [3.05, 3.63) is 58.3 Å². The first-order chi connectivity index (χ1) is 17.2. The molecule has 1 atom stereocenters. The number of nitrogens with one attached hydrogen (secondary N) is 2. The van der Waals surface area contributed by atoms with Gasteiger partial charge in [0.1, 0.15) is 5.82 Å². The lowest BCUT2D eigenvalue weighted by atomic mass is 10.0. The molecule has 12 heteroatoms. The number of likely N-dealkylation sites (N-methyl/N-ethyl adjacent to an activating group) is 1. The Labute approximate surface area is 213 Å². The number of amides is 1. The van der Waals surface area contributed by atoms with Gasteiger partial charge in [0.05, 0.1) is 24.5 Å². The summed E-state index contributed by atoms with van der Waals surface area (Å²) in [6, 6.07) is 12.2. The molecule has 3 aromatic rings. The number of halogens is 1. The Kier molecular flexibility index (Phi) is 7.77. The Morgan fingerprint density at radius 3 is 2.75 bits per heavy atom. The van der Waals surface area contributed by atoms with Crippen LogP contribution < -0.4 is 21.2 Å². The van der Waals surface area contributed by atoms with Gasteiger partial charge in [-0.15, -0.1) is 0 Å². The average Bonchev–Trinajstić information content (AvgIpc) is 2.82. The first kappa shape index (κ1) is 25.5. The van der Waals surface area contributed by atoms with Crippen LogP contribution in [0.4, 0.5) is 28.8 Å². The maximum atomic E-state index is 12.8. The lowest BCUT2D eigenvalue weighted by Gasteiger charge is -2.33. The fourth-order valence-electron chi connectivity index (χ4n) is 3.91. The Morgan fingerprint density at radius 2 is 2.06 bits per heavy atom. The molecule has 0 spiro atoms. The lowest BCUT2D eigenvalue weighted by molar-refractivity contribution is -0.990. The molecule has 3 heterocycles. The normalized spacial score (nSPS) is 15.5. The number of piperazine rings is 1. The van der Waals surface area contributed by atoms with Crippen molar-refractivity contribution < 1.29 is 15.2 Å². The van der Waals surface area contributed by atoms with E-state index in [1.54, 1.807) is 11.1 Å². The molecule has 0 radical (unpaired) electrons. The smallest absolute Gasteiger partial charge is 0.241 e. The molecule has 0 aliphatic carbocycles. The van der Waals surface area contributed by atoms with E-state index in [0.717, 1.165) is 23.4 Å². The van der Waals surface area contributed by atoms with Crippen molar-refractivity contribution in [3.8, 4) is 11.3 Å². The van der Waals surface area contributed by atoms with Crippen LogP contribution in [-0.2, 0) is 4.79 Å². The van der Waals surface area contributed by atoms with Gasteiger partial charge in [0.15, 0.2) is 11.6 Å². The van der Waals surface area contributed by atoms with Crippen LogP contribution in [0.5, 0.6) is 0 Å². The Balaban J connectivity index is 1.57. The fourth-order valence-corrected chi connectivity index (χ4v) is 4.14. The summed E-state index contributed by atoms with van der Waals surface area (Å²) in [4.78, 5) is 29.6. The van der Waals surface area contributed by atoms with Gasteiger partial charge < -0.3 is 21.2 Å². The molecule has 5 N–H and O–H groups in total. The number of pyridine rings is 2. The quantitative estimate of drug-likeness (QED) is 0.279. The van der Waals surface area contributed by atoms with E-state index in [2.05, 4.69) is 15.3 Å². The number of carbonyl (C=O) groups is 1. The lowest BCUT2D eigenvalue weighted by Crippen LogP contribution is -2.99. The maximum Gasteiger partial charge on any atom is 0.241 e. The summed E-state index contributed by atoms with van der Waals surface area (Å²) in [5.41, 5.74) is 8.87. The fraction of sp³-hybridized carbons (Fsp3) is 0.250. The standard InChI is InChI=1S/C24H27ClN8O3/c1-15-13-16(25)3-4-17(15)23-18(32-12-11-31(2)14-22(32)34)5-7-20(29-23)27-9-10-28-21-8-6-19(33(35)36)24(26)30-21/h3-8,10,13,33,35H,9,11-12,14H2,1-2H3,(H2,26,30)(H,27,29)/b28-10+. The molecule has 188 valence electrons. The summed E-state index contributed by atoms with van der Waals surface area (Å²) in [6.45, 7) is 3.99. The predicted octanol–water partition coefficient (Wildman–Crippen LogP) is 2.18. The topological polar surface area (TPSA) is 147 Å². The maximum absolute atomic E-state index is 12.8. The van der Waals surface area contributed by atoms with Gasteiger partial charge in [-0.1, -0.05) is 17.7 Å². The van der Waals surface area contributed by atoms with Crippen LogP contribution in [0.2, 0.25) is 5.02 Å². The van der Waals surface area contributed by atoms with Gasteiger partial charge in [-0.05, 0) is 49.9 Å². The number of nitrogens with zero attached hydrogens (tertiary/aromatic N) is 5. The second kappa shape index (κ2) is 11.0. The summed E-state index contributed by atoms with van der Waals surface area (Å²) in [7, 11) is 1.93. The largest absolute Gasteiger partial charge is 0.595 e. The van der Waals surface area contributed by atoms with Crippen LogP contribution in [0.25, 0.3) is 11.3 Å². The zero-order chi connectivity index (χ0) is 25.8. The highest BCUT2D eigenvalue weighted by Crippen LogP contribution is 2.34. The van der Waals surface area contributed by atoms with E-state index < -0.39 is 5.23 Å². The molecule has 2 aromatic heterocycles. The second-order valence-electron chi connectivity index (χ2n) is 8.41. The van der Waals surface area contributed by atoms with Crippen LogP contribution in [0, 0.1) is 12.1 Å². The van der Waals surface area contributed by atoms with Crippen LogP contribution >= 0.6 is 11.6 Å². The van der Waals surface area contributed by atoms with Crippen molar-refractivity contribution in [2.24, 2.45) is 4.99 Å². The molecule has 36 heavy (non-hydrogen) atoms. The number of quaternary nitrogens is 1. The number of carbonyl (C=O) groups excluding carboxylic acids is 1. The zero-order valence-electron chi connectivity index (χ0n) is 19.9. The van der Waals surface area contributed by atoms with Gasteiger partial charge in [0, 0.05) is 36.0 Å². The van der Waals surface area contributed by atoms with Crippen molar-refractivity contribution in [3.63, 3.8) is 0 Å². The van der Waals surface area contributed by atoms with Crippen molar-refractivity contribution in [1.82, 2.24) is 14.9 Å². The van der Waals surface area contributed by atoms with E-state index in [4.69, 9.17) is 27.5 Å². The van der Waals surface area contributed by atoms with Gasteiger partial charge >= 0.3 is 0 Å². The van der Waals surface area contributed by atoms with Crippen LogP contribution in [0.15, 0.2) is 47.5 Å². The molecule has 0 bridgehead atoms. The minimum atomic E-state index is -1.14. The van der Waals surface area contributed by atoms with Crippen LogP contribution in [0.1, 0.15) is 5.56 Å². The second-order valence-corrected chi connectivity index (χ2v) is 8.84. The summed E-state index contributed by atoms with van der Waals surface area (Å²) >= 11 is 6.17. The van der Waals surface area contributed by atoms with Gasteiger partial charge in [0.2, 0.25) is 11.6 Å². The number of hydrogen-bond donors (Lipinski definition) is 4.